The Labute approximate surface area is 147 Å². The van der Waals surface area contributed by atoms with Crippen molar-refractivity contribution in [2.24, 2.45) is 0 Å². The smallest absolute Gasteiger partial charge is 0.248 e. The van der Waals surface area contributed by atoms with Gasteiger partial charge in [0.2, 0.25) is 11.8 Å². The van der Waals surface area contributed by atoms with Gasteiger partial charge < -0.3 is 15.4 Å². The van der Waals surface area contributed by atoms with Crippen LogP contribution in [0.2, 0.25) is 0 Å². The lowest BCUT2D eigenvalue weighted by atomic mass is 10.2. The minimum absolute atomic E-state index is 0.0123. The number of ether oxygens (including phenoxy) is 1. The lowest BCUT2D eigenvalue weighted by Gasteiger charge is -2.06. The Kier molecular flexibility index (Phi) is 6.77. The molecule has 0 aliphatic heterocycles. The first kappa shape index (κ1) is 18.3. The second kappa shape index (κ2) is 9.27. The molecule has 2 N–H and O–H groups in total. The van der Waals surface area contributed by atoms with E-state index in [1.807, 2.05) is 31.2 Å². The number of hydrogen-bond acceptors (Lipinski definition) is 3. The molecule has 2 rings (SSSR count). The number of amides is 2. The van der Waals surface area contributed by atoms with E-state index < -0.39 is 0 Å². The number of nitrogens with one attached hydrogen (secondary N) is 2. The van der Waals surface area contributed by atoms with Crippen molar-refractivity contribution in [1.29, 1.82) is 0 Å². The molecule has 0 aromatic heterocycles. The molecule has 0 radical (unpaired) electrons. The Bertz CT molecular complexity index is 735. The van der Waals surface area contributed by atoms with Gasteiger partial charge in [0.25, 0.3) is 0 Å². The van der Waals surface area contributed by atoms with Gasteiger partial charge in [-0.15, -0.1) is 0 Å². The number of carbonyl (C=O) groups is 2. The minimum Gasteiger partial charge on any atom is -0.497 e. The van der Waals surface area contributed by atoms with E-state index in [0.29, 0.717) is 17.8 Å². The molecule has 2 aromatic rings. The van der Waals surface area contributed by atoms with Gasteiger partial charge in [-0.05, 0) is 54.5 Å². The van der Waals surface area contributed by atoms with Crippen molar-refractivity contribution in [3.8, 4) is 5.75 Å². The monoisotopic (exact) mass is 338 g/mol. The second-order valence-corrected chi connectivity index (χ2v) is 5.47. The summed E-state index contributed by atoms with van der Waals surface area (Å²) in [5.74, 6) is 0.535. The highest BCUT2D eigenvalue weighted by molar-refractivity contribution is 6.02. The van der Waals surface area contributed by atoms with Crippen LogP contribution < -0.4 is 15.4 Å². The van der Waals surface area contributed by atoms with Crippen LogP contribution in [0.5, 0.6) is 5.75 Å². The summed E-state index contributed by atoms with van der Waals surface area (Å²) in [6, 6.07) is 14.4. The lowest BCUT2D eigenvalue weighted by Crippen LogP contribution is -2.11. The highest BCUT2D eigenvalue weighted by atomic mass is 16.5. The van der Waals surface area contributed by atoms with Crippen LogP contribution in [0, 0.1) is 0 Å². The quantitative estimate of drug-likeness (QED) is 0.747. The van der Waals surface area contributed by atoms with Crippen LogP contribution in [0.4, 0.5) is 11.4 Å². The van der Waals surface area contributed by atoms with Crippen molar-refractivity contribution < 1.29 is 14.3 Å². The summed E-state index contributed by atoms with van der Waals surface area (Å²) in [7, 11) is 1.61. The minimum atomic E-state index is -0.224. The van der Waals surface area contributed by atoms with Crippen LogP contribution in [0.15, 0.2) is 54.6 Å². The zero-order valence-electron chi connectivity index (χ0n) is 14.4. The predicted octanol–water partition coefficient (Wildman–Crippen LogP) is 4.09. The Balaban J connectivity index is 1.89. The maximum atomic E-state index is 12.0. The highest BCUT2D eigenvalue weighted by Crippen LogP contribution is 2.15. The normalized spacial score (nSPS) is 10.5. The van der Waals surface area contributed by atoms with Gasteiger partial charge in [0.05, 0.1) is 7.11 Å². The predicted molar refractivity (Wildman–Crippen MR) is 101 cm³/mol. The third kappa shape index (κ3) is 6.14. The maximum Gasteiger partial charge on any atom is 0.248 e. The van der Waals surface area contributed by atoms with Gasteiger partial charge in [-0.2, -0.15) is 0 Å². The second-order valence-electron chi connectivity index (χ2n) is 5.47. The number of carbonyl (C=O) groups excluding carboxylic acids is 2. The summed E-state index contributed by atoms with van der Waals surface area (Å²) in [6.07, 6.45) is 4.50. The molecular weight excluding hydrogens is 316 g/mol. The fourth-order valence-electron chi connectivity index (χ4n) is 2.16. The molecule has 0 atom stereocenters. The van der Waals surface area contributed by atoms with Crippen molar-refractivity contribution >= 4 is 29.3 Å². The molecule has 0 saturated heterocycles. The molecule has 0 saturated carbocycles. The van der Waals surface area contributed by atoms with Gasteiger partial charge in [-0.25, -0.2) is 0 Å². The third-order valence-electron chi connectivity index (χ3n) is 3.46. The van der Waals surface area contributed by atoms with Gasteiger partial charge in [-0.1, -0.05) is 19.1 Å². The average Bonchev–Trinajstić information content (AvgIpc) is 2.62. The van der Waals surface area contributed by atoms with Crippen molar-refractivity contribution in [3.05, 3.63) is 60.2 Å². The topological polar surface area (TPSA) is 67.4 Å². The summed E-state index contributed by atoms with van der Waals surface area (Å²) in [5, 5.41) is 5.58. The first-order valence-electron chi connectivity index (χ1n) is 8.13. The standard InChI is InChI=1S/C20H22N2O3/c1-3-4-19(23)21-16-8-10-17(11-9-16)22-20(24)14-7-15-5-12-18(25-2)13-6-15/h5-14H,3-4H2,1-2H3,(H,21,23)(H,22,24)/b14-7+. The van der Waals surface area contributed by atoms with Crippen molar-refractivity contribution in [1.82, 2.24) is 0 Å². The van der Waals surface area contributed by atoms with Crippen LogP contribution in [-0.2, 0) is 9.59 Å². The zero-order chi connectivity index (χ0) is 18.1. The Morgan fingerprint density at radius 1 is 0.960 bits per heavy atom. The largest absolute Gasteiger partial charge is 0.497 e. The van der Waals surface area contributed by atoms with E-state index in [1.54, 1.807) is 37.5 Å². The summed E-state index contributed by atoms with van der Waals surface area (Å²) in [4.78, 5) is 23.5. The molecule has 2 amide bonds. The fraction of sp³-hybridized carbons (Fsp3) is 0.200. The maximum absolute atomic E-state index is 12.0. The Morgan fingerprint density at radius 2 is 1.56 bits per heavy atom. The van der Waals surface area contributed by atoms with E-state index in [4.69, 9.17) is 4.74 Å². The molecule has 0 aliphatic rings. The summed E-state index contributed by atoms with van der Waals surface area (Å²) >= 11 is 0. The molecule has 0 unspecified atom stereocenters. The van der Waals surface area contributed by atoms with Gasteiger partial charge in [0, 0.05) is 23.9 Å². The van der Waals surface area contributed by atoms with E-state index in [1.165, 1.54) is 6.08 Å². The van der Waals surface area contributed by atoms with E-state index >= 15 is 0 Å². The lowest BCUT2D eigenvalue weighted by molar-refractivity contribution is -0.116. The molecule has 0 fully saturated rings. The highest BCUT2D eigenvalue weighted by Gasteiger charge is 2.02. The van der Waals surface area contributed by atoms with Crippen LogP contribution in [-0.4, -0.2) is 18.9 Å². The molecular formula is C20H22N2O3. The van der Waals surface area contributed by atoms with Gasteiger partial charge in [0.15, 0.2) is 0 Å². The summed E-state index contributed by atoms with van der Waals surface area (Å²) < 4.78 is 5.09. The van der Waals surface area contributed by atoms with Gasteiger partial charge in [0.1, 0.15) is 5.75 Å². The molecule has 0 aliphatic carbocycles. The Morgan fingerprint density at radius 3 is 2.12 bits per heavy atom. The van der Waals surface area contributed by atoms with Crippen LogP contribution in [0.1, 0.15) is 25.3 Å². The average molecular weight is 338 g/mol. The van der Waals surface area contributed by atoms with Gasteiger partial charge >= 0.3 is 0 Å². The SMILES string of the molecule is CCCC(=O)Nc1ccc(NC(=O)/C=C/c2ccc(OC)cc2)cc1. The third-order valence-corrected chi connectivity index (χ3v) is 3.46. The van der Waals surface area contributed by atoms with Crippen molar-refractivity contribution in [2.75, 3.05) is 17.7 Å². The van der Waals surface area contributed by atoms with Crippen LogP contribution in [0.25, 0.3) is 6.08 Å². The number of benzene rings is 2. The molecule has 0 spiro atoms. The van der Waals surface area contributed by atoms with Crippen LogP contribution in [0.3, 0.4) is 0 Å². The molecule has 0 bridgehead atoms. The number of anilines is 2. The van der Waals surface area contributed by atoms with Crippen molar-refractivity contribution in [3.63, 3.8) is 0 Å². The molecule has 5 heteroatoms. The summed E-state index contributed by atoms with van der Waals surface area (Å²) in [5.41, 5.74) is 2.29. The number of rotatable bonds is 7. The van der Waals surface area contributed by atoms with E-state index in [0.717, 1.165) is 17.7 Å². The molecule has 5 nitrogen and oxygen atoms in total. The van der Waals surface area contributed by atoms with E-state index in [9.17, 15) is 9.59 Å². The van der Waals surface area contributed by atoms with E-state index in [-0.39, 0.29) is 11.8 Å². The van der Waals surface area contributed by atoms with Gasteiger partial charge in [-0.3, -0.25) is 9.59 Å². The molecule has 130 valence electrons. The molecule has 25 heavy (non-hydrogen) atoms. The molecule has 2 aromatic carbocycles. The van der Waals surface area contributed by atoms with Crippen molar-refractivity contribution in [2.45, 2.75) is 19.8 Å². The van der Waals surface area contributed by atoms with Crippen LogP contribution >= 0.6 is 0 Å². The first-order valence-corrected chi connectivity index (χ1v) is 8.13. The molecule has 0 heterocycles. The first-order chi connectivity index (χ1) is 12.1. The zero-order valence-corrected chi connectivity index (χ0v) is 14.4. The summed E-state index contributed by atoms with van der Waals surface area (Å²) in [6.45, 7) is 1.96. The Hall–Kier alpha value is -3.08. The fourth-order valence-corrected chi connectivity index (χ4v) is 2.16. The van der Waals surface area contributed by atoms with E-state index in [2.05, 4.69) is 10.6 Å². The number of hydrogen-bond donors (Lipinski definition) is 2. The number of methoxy groups -OCH3 is 1.